The van der Waals surface area contributed by atoms with Crippen LogP contribution in [0.2, 0.25) is 0 Å². The largest absolute Gasteiger partial charge is 0.481 e. The van der Waals surface area contributed by atoms with Gasteiger partial charge in [0.2, 0.25) is 5.91 Å². The summed E-state index contributed by atoms with van der Waals surface area (Å²) in [4.78, 5) is 22.3. The van der Waals surface area contributed by atoms with E-state index in [1.54, 1.807) is 0 Å². The molecular weight excluding hydrogens is 266 g/mol. The number of hydrogen-bond acceptors (Lipinski definition) is 2. The van der Waals surface area contributed by atoms with Crippen molar-refractivity contribution in [1.82, 2.24) is 5.32 Å². The predicted molar refractivity (Wildman–Crippen MR) is 83.2 cm³/mol. The third-order valence-electron chi connectivity index (χ3n) is 3.56. The fraction of sp³-hybridized carbons (Fsp3) is 0.529. The summed E-state index contributed by atoms with van der Waals surface area (Å²) in [7, 11) is 0. The third kappa shape index (κ3) is 7.49. The van der Waals surface area contributed by atoms with E-state index in [2.05, 4.69) is 5.32 Å². The van der Waals surface area contributed by atoms with E-state index in [9.17, 15) is 9.59 Å². The lowest BCUT2D eigenvalue weighted by atomic mass is 10.0. The molecule has 1 aromatic carbocycles. The molecule has 0 aromatic heterocycles. The Bertz CT molecular complexity index is 431. The second-order valence-corrected chi connectivity index (χ2v) is 5.33. The molecule has 4 heteroatoms. The van der Waals surface area contributed by atoms with Crippen molar-refractivity contribution in [3.63, 3.8) is 0 Å². The van der Waals surface area contributed by atoms with Crippen LogP contribution in [0, 0.1) is 0 Å². The average Bonchev–Trinajstić information content (AvgIpc) is 2.49. The van der Waals surface area contributed by atoms with Crippen molar-refractivity contribution in [2.45, 2.75) is 51.4 Å². The van der Waals surface area contributed by atoms with Gasteiger partial charge in [-0.1, -0.05) is 49.6 Å². The van der Waals surface area contributed by atoms with Crippen LogP contribution in [0.5, 0.6) is 0 Å². The summed E-state index contributed by atoms with van der Waals surface area (Å²) in [6.45, 7) is 2.60. The van der Waals surface area contributed by atoms with Crippen LogP contribution in [0.1, 0.15) is 56.9 Å². The lowest BCUT2D eigenvalue weighted by Gasteiger charge is -2.12. The molecule has 2 N–H and O–H groups in total. The second kappa shape index (κ2) is 9.97. The molecule has 1 unspecified atom stereocenters. The fourth-order valence-corrected chi connectivity index (χ4v) is 2.19. The van der Waals surface area contributed by atoms with Gasteiger partial charge in [-0.3, -0.25) is 9.59 Å². The van der Waals surface area contributed by atoms with Gasteiger partial charge in [0.05, 0.1) is 5.92 Å². The number of benzene rings is 1. The van der Waals surface area contributed by atoms with Crippen molar-refractivity contribution < 1.29 is 14.7 Å². The normalized spacial score (nSPS) is 11.9. The van der Waals surface area contributed by atoms with Gasteiger partial charge in [-0.05, 0) is 25.3 Å². The van der Waals surface area contributed by atoms with E-state index < -0.39 is 5.97 Å². The van der Waals surface area contributed by atoms with Gasteiger partial charge in [0.1, 0.15) is 0 Å². The van der Waals surface area contributed by atoms with E-state index in [0.29, 0.717) is 6.54 Å². The number of carbonyl (C=O) groups is 2. The first kappa shape index (κ1) is 17.2. The van der Waals surface area contributed by atoms with E-state index in [1.807, 2.05) is 37.3 Å². The summed E-state index contributed by atoms with van der Waals surface area (Å²) in [5.74, 6) is -0.786. The summed E-state index contributed by atoms with van der Waals surface area (Å²) in [5.41, 5.74) is 1.03. The highest BCUT2D eigenvalue weighted by Gasteiger charge is 2.13. The monoisotopic (exact) mass is 291 g/mol. The summed E-state index contributed by atoms with van der Waals surface area (Å²) in [6.07, 6.45) is 4.94. The van der Waals surface area contributed by atoms with Crippen molar-refractivity contribution in [2.75, 3.05) is 6.54 Å². The number of carboxylic acid groups (broad SMARTS) is 1. The number of carboxylic acids is 1. The van der Waals surface area contributed by atoms with E-state index >= 15 is 0 Å². The van der Waals surface area contributed by atoms with Gasteiger partial charge < -0.3 is 10.4 Å². The van der Waals surface area contributed by atoms with Gasteiger partial charge in [0.15, 0.2) is 0 Å². The lowest BCUT2D eigenvalue weighted by Crippen LogP contribution is -2.28. The summed E-state index contributed by atoms with van der Waals surface area (Å²) in [5, 5.41) is 11.5. The van der Waals surface area contributed by atoms with Crippen LogP contribution in [0.25, 0.3) is 0 Å². The summed E-state index contributed by atoms with van der Waals surface area (Å²) >= 11 is 0. The van der Waals surface area contributed by atoms with Crippen LogP contribution in [0.3, 0.4) is 0 Å². The maximum absolute atomic E-state index is 12.0. The van der Waals surface area contributed by atoms with Gasteiger partial charge in [-0.2, -0.15) is 0 Å². The summed E-state index contributed by atoms with van der Waals surface area (Å²) < 4.78 is 0. The molecule has 0 bridgehead atoms. The molecule has 1 aromatic rings. The lowest BCUT2D eigenvalue weighted by molar-refractivity contribution is -0.137. The smallest absolute Gasteiger partial charge is 0.303 e. The number of aliphatic carboxylic acids is 1. The molecule has 0 fully saturated rings. The van der Waals surface area contributed by atoms with Gasteiger partial charge in [0.25, 0.3) is 0 Å². The molecule has 1 amide bonds. The zero-order chi connectivity index (χ0) is 15.5. The van der Waals surface area contributed by atoms with Crippen LogP contribution in [0.15, 0.2) is 30.3 Å². The molecule has 1 rings (SSSR count). The highest BCUT2D eigenvalue weighted by molar-refractivity contribution is 5.83. The number of rotatable bonds is 10. The first-order valence-electron chi connectivity index (χ1n) is 7.65. The van der Waals surface area contributed by atoms with Gasteiger partial charge in [-0.25, -0.2) is 0 Å². The molecule has 21 heavy (non-hydrogen) atoms. The number of amides is 1. The van der Waals surface area contributed by atoms with E-state index in [1.165, 1.54) is 0 Å². The Morgan fingerprint density at radius 2 is 1.67 bits per heavy atom. The van der Waals surface area contributed by atoms with Crippen LogP contribution in [-0.2, 0) is 9.59 Å². The maximum Gasteiger partial charge on any atom is 0.303 e. The fourth-order valence-electron chi connectivity index (χ4n) is 2.19. The molecule has 0 spiro atoms. The molecule has 0 aliphatic heterocycles. The van der Waals surface area contributed by atoms with Crippen LogP contribution < -0.4 is 5.32 Å². The van der Waals surface area contributed by atoms with Crippen LogP contribution in [-0.4, -0.2) is 23.5 Å². The summed E-state index contributed by atoms with van der Waals surface area (Å²) in [6, 6.07) is 9.75. The highest BCUT2D eigenvalue weighted by atomic mass is 16.4. The van der Waals surface area contributed by atoms with Gasteiger partial charge in [-0.15, -0.1) is 0 Å². The maximum atomic E-state index is 12.0. The van der Waals surface area contributed by atoms with Gasteiger partial charge >= 0.3 is 5.97 Å². The number of unbranched alkanes of at least 4 members (excludes halogenated alkanes) is 4. The molecule has 0 aliphatic carbocycles. The Kier molecular flexibility index (Phi) is 8.17. The number of hydrogen-bond donors (Lipinski definition) is 2. The Morgan fingerprint density at radius 1 is 1.05 bits per heavy atom. The molecular formula is C17H25NO3. The average molecular weight is 291 g/mol. The molecule has 0 heterocycles. The molecule has 4 nitrogen and oxygen atoms in total. The van der Waals surface area contributed by atoms with Crippen molar-refractivity contribution in [2.24, 2.45) is 0 Å². The van der Waals surface area contributed by atoms with E-state index in [0.717, 1.165) is 37.7 Å². The van der Waals surface area contributed by atoms with Crippen LogP contribution in [0.4, 0.5) is 0 Å². The van der Waals surface area contributed by atoms with Crippen LogP contribution >= 0.6 is 0 Å². The second-order valence-electron chi connectivity index (χ2n) is 5.33. The van der Waals surface area contributed by atoms with Crippen molar-refractivity contribution in [3.8, 4) is 0 Å². The Balaban J connectivity index is 2.07. The molecule has 1 atom stereocenters. The van der Waals surface area contributed by atoms with Crippen molar-refractivity contribution in [3.05, 3.63) is 35.9 Å². The SMILES string of the molecule is CC(C(=O)NCCCCCCCC(=O)O)c1ccccc1. The Hall–Kier alpha value is -1.84. The first-order valence-corrected chi connectivity index (χ1v) is 7.65. The third-order valence-corrected chi connectivity index (χ3v) is 3.56. The van der Waals surface area contributed by atoms with Gasteiger partial charge in [0, 0.05) is 13.0 Å². The Labute approximate surface area is 126 Å². The van der Waals surface area contributed by atoms with E-state index in [-0.39, 0.29) is 18.2 Å². The molecule has 0 saturated carbocycles. The molecule has 0 saturated heterocycles. The minimum absolute atomic E-state index is 0.0621. The quantitative estimate of drug-likeness (QED) is 0.650. The minimum atomic E-state index is -0.725. The predicted octanol–water partition coefficient (Wildman–Crippen LogP) is 3.33. The Morgan fingerprint density at radius 3 is 2.33 bits per heavy atom. The highest BCUT2D eigenvalue weighted by Crippen LogP contribution is 2.14. The standard InChI is InChI=1S/C17H25NO3/c1-14(15-10-6-5-7-11-15)17(21)18-13-9-4-2-3-8-12-16(19)20/h5-7,10-11,14H,2-4,8-9,12-13H2,1H3,(H,18,21)(H,19,20). The molecule has 0 radical (unpaired) electrons. The number of carbonyl (C=O) groups excluding carboxylic acids is 1. The molecule has 116 valence electrons. The van der Waals surface area contributed by atoms with Crippen molar-refractivity contribution in [1.29, 1.82) is 0 Å². The van der Waals surface area contributed by atoms with E-state index in [4.69, 9.17) is 5.11 Å². The van der Waals surface area contributed by atoms with Crippen molar-refractivity contribution >= 4 is 11.9 Å². The zero-order valence-corrected chi connectivity index (χ0v) is 12.7. The molecule has 0 aliphatic rings. The topological polar surface area (TPSA) is 66.4 Å². The zero-order valence-electron chi connectivity index (χ0n) is 12.7. The minimum Gasteiger partial charge on any atom is -0.481 e. The number of nitrogens with one attached hydrogen (secondary N) is 1. The first-order chi connectivity index (χ1) is 10.1.